The van der Waals surface area contributed by atoms with Crippen LogP contribution in [0.4, 0.5) is 0 Å². The second-order valence-electron chi connectivity index (χ2n) is 4.86. The molecule has 1 N–H and O–H groups in total. The minimum absolute atomic E-state index is 0.253. The Balaban J connectivity index is 2.24. The highest BCUT2D eigenvalue weighted by molar-refractivity contribution is 5.32. The Kier molecular flexibility index (Phi) is 5.13. The molecule has 0 aliphatic carbocycles. The van der Waals surface area contributed by atoms with Crippen molar-refractivity contribution >= 4 is 0 Å². The van der Waals surface area contributed by atoms with E-state index in [0.29, 0.717) is 0 Å². The molecule has 1 aromatic carbocycles. The van der Waals surface area contributed by atoms with E-state index in [0.717, 1.165) is 24.4 Å². The molecule has 0 spiro atoms. The second kappa shape index (κ2) is 7.06. The predicted molar refractivity (Wildman–Crippen MR) is 82.1 cm³/mol. The van der Waals surface area contributed by atoms with Gasteiger partial charge in [0, 0.05) is 24.4 Å². The van der Waals surface area contributed by atoms with Crippen molar-refractivity contribution < 1.29 is 4.74 Å². The fourth-order valence-electron chi connectivity index (χ4n) is 2.34. The molecule has 20 heavy (non-hydrogen) atoms. The molecule has 2 rings (SSSR count). The third kappa shape index (κ3) is 3.58. The van der Waals surface area contributed by atoms with Crippen LogP contribution in [-0.4, -0.2) is 18.6 Å². The van der Waals surface area contributed by atoms with Crippen molar-refractivity contribution in [3.05, 3.63) is 59.4 Å². The Hall–Kier alpha value is -1.87. The Labute approximate surface area is 121 Å². The standard InChI is InChI=1S/C17H22N2O/c1-4-18-17(12-16-13(2)7-6-10-19-16)14-8-5-9-15(11-14)20-3/h5-11,17-18H,4,12H2,1-3H3. The summed E-state index contributed by atoms with van der Waals surface area (Å²) in [6, 6.07) is 12.6. The van der Waals surface area contributed by atoms with E-state index in [-0.39, 0.29) is 6.04 Å². The van der Waals surface area contributed by atoms with Gasteiger partial charge in [0.2, 0.25) is 0 Å². The van der Waals surface area contributed by atoms with Crippen molar-refractivity contribution in [2.75, 3.05) is 13.7 Å². The minimum Gasteiger partial charge on any atom is -0.497 e. The van der Waals surface area contributed by atoms with Crippen molar-refractivity contribution in [2.45, 2.75) is 26.3 Å². The number of nitrogens with one attached hydrogen (secondary N) is 1. The Morgan fingerprint density at radius 1 is 1.25 bits per heavy atom. The molecule has 1 unspecified atom stereocenters. The number of benzene rings is 1. The van der Waals surface area contributed by atoms with Gasteiger partial charge in [0.15, 0.2) is 0 Å². The third-order valence-electron chi connectivity index (χ3n) is 3.46. The first kappa shape index (κ1) is 14.5. The number of pyridine rings is 1. The molecular formula is C17H22N2O. The zero-order valence-corrected chi connectivity index (χ0v) is 12.4. The Morgan fingerprint density at radius 3 is 2.80 bits per heavy atom. The zero-order valence-electron chi connectivity index (χ0n) is 12.4. The molecule has 0 fully saturated rings. The van der Waals surface area contributed by atoms with Crippen LogP contribution in [0.3, 0.4) is 0 Å². The molecule has 1 atom stereocenters. The van der Waals surface area contributed by atoms with Crippen molar-refractivity contribution in [2.24, 2.45) is 0 Å². The highest BCUT2D eigenvalue weighted by Crippen LogP contribution is 2.22. The molecule has 1 heterocycles. The third-order valence-corrected chi connectivity index (χ3v) is 3.46. The summed E-state index contributed by atoms with van der Waals surface area (Å²) < 4.78 is 5.31. The highest BCUT2D eigenvalue weighted by Gasteiger charge is 2.13. The minimum atomic E-state index is 0.253. The maximum atomic E-state index is 5.31. The zero-order chi connectivity index (χ0) is 14.4. The lowest BCUT2D eigenvalue weighted by Crippen LogP contribution is -2.23. The molecule has 0 saturated carbocycles. The van der Waals surface area contributed by atoms with Crippen LogP contribution in [0.25, 0.3) is 0 Å². The fraction of sp³-hybridized carbons (Fsp3) is 0.353. The van der Waals surface area contributed by atoms with Crippen LogP contribution in [0.5, 0.6) is 5.75 Å². The summed E-state index contributed by atoms with van der Waals surface area (Å²) in [6.45, 7) is 5.16. The molecular weight excluding hydrogens is 248 g/mol. The van der Waals surface area contributed by atoms with E-state index in [1.54, 1.807) is 7.11 Å². The number of rotatable bonds is 6. The molecule has 0 bridgehead atoms. The van der Waals surface area contributed by atoms with Gasteiger partial charge in [-0.25, -0.2) is 0 Å². The molecule has 0 radical (unpaired) electrons. The summed E-state index contributed by atoms with van der Waals surface area (Å²) in [5, 5.41) is 3.53. The average Bonchev–Trinajstić information content (AvgIpc) is 2.49. The second-order valence-corrected chi connectivity index (χ2v) is 4.86. The van der Waals surface area contributed by atoms with E-state index in [1.165, 1.54) is 11.1 Å². The first-order valence-electron chi connectivity index (χ1n) is 7.02. The number of ether oxygens (including phenoxy) is 1. The quantitative estimate of drug-likeness (QED) is 0.874. The topological polar surface area (TPSA) is 34.2 Å². The number of methoxy groups -OCH3 is 1. The largest absolute Gasteiger partial charge is 0.497 e. The summed E-state index contributed by atoms with van der Waals surface area (Å²) in [5.74, 6) is 0.892. The predicted octanol–water partition coefficient (Wildman–Crippen LogP) is 3.29. The summed E-state index contributed by atoms with van der Waals surface area (Å²) in [4.78, 5) is 4.50. The van der Waals surface area contributed by atoms with Gasteiger partial charge >= 0.3 is 0 Å². The van der Waals surface area contributed by atoms with E-state index in [1.807, 2.05) is 24.4 Å². The molecule has 0 amide bonds. The first-order valence-corrected chi connectivity index (χ1v) is 7.02. The van der Waals surface area contributed by atoms with Gasteiger partial charge in [-0.15, -0.1) is 0 Å². The van der Waals surface area contributed by atoms with E-state index >= 15 is 0 Å². The van der Waals surface area contributed by atoms with Crippen LogP contribution in [0.15, 0.2) is 42.6 Å². The SMILES string of the molecule is CCNC(Cc1ncccc1C)c1cccc(OC)c1. The van der Waals surface area contributed by atoms with Crippen LogP contribution >= 0.6 is 0 Å². The van der Waals surface area contributed by atoms with Gasteiger partial charge in [0.05, 0.1) is 7.11 Å². The average molecular weight is 270 g/mol. The van der Waals surface area contributed by atoms with E-state index < -0.39 is 0 Å². The summed E-state index contributed by atoms with van der Waals surface area (Å²) in [6.07, 6.45) is 2.74. The van der Waals surface area contributed by atoms with Crippen LogP contribution in [0.2, 0.25) is 0 Å². The van der Waals surface area contributed by atoms with Gasteiger partial charge < -0.3 is 10.1 Å². The summed E-state index contributed by atoms with van der Waals surface area (Å²) >= 11 is 0. The molecule has 3 nitrogen and oxygen atoms in total. The highest BCUT2D eigenvalue weighted by atomic mass is 16.5. The van der Waals surface area contributed by atoms with Crippen molar-refractivity contribution in [1.29, 1.82) is 0 Å². The molecule has 0 aliphatic rings. The van der Waals surface area contributed by atoms with Crippen molar-refractivity contribution in [3.8, 4) is 5.75 Å². The van der Waals surface area contributed by atoms with Gasteiger partial charge in [-0.3, -0.25) is 4.98 Å². The van der Waals surface area contributed by atoms with Gasteiger partial charge in [-0.05, 0) is 42.8 Å². The van der Waals surface area contributed by atoms with Crippen LogP contribution in [0, 0.1) is 6.92 Å². The number of aryl methyl sites for hydroxylation is 1. The Bertz CT molecular complexity index is 554. The van der Waals surface area contributed by atoms with E-state index in [2.05, 4.69) is 42.3 Å². The maximum absolute atomic E-state index is 5.31. The van der Waals surface area contributed by atoms with Crippen LogP contribution in [-0.2, 0) is 6.42 Å². The van der Waals surface area contributed by atoms with Crippen molar-refractivity contribution in [1.82, 2.24) is 10.3 Å². The lowest BCUT2D eigenvalue weighted by atomic mass is 9.99. The van der Waals surface area contributed by atoms with Gasteiger partial charge in [0.1, 0.15) is 5.75 Å². The van der Waals surface area contributed by atoms with Gasteiger partial charge in [0.25, 0.3) is 0 Å². The molecule has 106 valence electrons. The molecule has 2 aromatic rings. The Morgan fingerprint density at radius 2 is 2.10 bits per heavy atom. The lowest BCUT2D eigenvalue weighted by Gasteiger charge is -2.19. The van der Waals surface area contributed by atoms with Gasteiger partial charge in [-0.2, -0.15) is 0 Å². The van der Waals surface area contributed by atoms with E-state index in [9.17, 15) is 0 Å². The normalized spacial score (nSPS) is 12.2. The molecule has 3 heteroatoms. The lowest BCUT2D eigenvalue weighted by molar-refractivity contribution is 0.413. The molecule has 0 aliphatic heterocycles. The number of likely N-dealkylation sites (N-methyl/N-ethyl adjacent to an activating group) is 1. The van der Waals surface area contributed by atoms with Crippen molar-refractivity contribution in [3.63, 3.8) is 0 Å². The smallest absolute Gasteiger partial charge is 0.119 e. The number of hydrogen-bond donors (Lipinski definition) is 1. The monoisotopic (exact) mass is 270 g/mol. The van der Waals surface area contributed by atoms with E-state index in [4.69, 9.17) is 4.74 Å². The molecule has 0 saturated heterocycles. The van der Waals surface area contributed by atoms with Gasteiger partial charge in [-0.1, -0.05) is 25.1 Å². The fourth-order valence-corrected chi connectivity index (χ4v) is 2.34. The van der Waals surface area contributed by atoms with Crippen LogP contribution < -0.4 is 10.1 Å². The number of hydrogen-bond acceptors (Lipinski definition) is 3. The number of nitrogens with zero attached hydrogens (tertiary/aromatic N) is 1. The van der Waals surface area contributed by atoms with Crippen LogP contribution in [0.1, 0.15) is 29.8 Å². The molecule has 1 aromatic heterocycles. The first-order chi connectivity index (χ1) is 9.74. The maximum Gasteiger partial charge on any atom is 0.119 e. The summed E-state index contributed by atoms with van der Waals surface area (Å²) in [5.41, 5.74) is 3.61. The number of aromatic nitrogens is 1. The summed E-state index contributed by atoms with van der Waals surface area (Å²) in [7, 11) is 1.70.